The second-order valence-electron chi connectivity index (χ2n) is 13.1. The van der Waals surface area contributed by atoms with E-state index in [-0.39, 0.29) is 42.2 Å². The molecule has 256 valence electrons. The van der Waals surface area contributed by atoms with Gasteiger partial charge >= 0.3 is 11.9 Å². The third-order valence-electron chi connectivity index (χ3n) is 9.73. The quantitative estimate of drug-likeness (QED) is 0.0646. The first-order chi connectivity index (χ1) is 23.0. The van der Waals surface area contributed by atoms with Crippen LogP contribution >= 0.6 is 0 Å². The maximum atomic E-state index is 13.0. The van der Waals surface area contributed by atoms with Crippen LogP contribution in [0.5, 0.6) is 28.7 Å². The van der Waals surface area contributed by atoms with Gasteiger partial charge in [-0.1, -0.05) is 70.4 Å². The monoisotopic (exact) mass is 648 g/mol. The minimum absolute atomic E-state index is 0.0428. The van der Waals surface area contributed by atoms with E-state index in [9.17, 15) is 9.59 Å². The molecule has 1 fully saturated rings. The molecule has 1 saturated heterocycles. The predicted octanol–water partition coefficient (Wildman–Crippen LogP) is 8.85. The third kappa shape index (κ3) is 8.82. The summed E-state index contributed by atoms with van der Waals surface area (Å²) < 4.78 is 34.1. The van der Waals surface area contributed by atoms with Gasteiger partial charge in [-0.3, -0.25) is 9.59 Å². The predicted molar refractivity (Wildman–Crippen MR) is 181 cm³/mol. The largest absolute Gasteiger partial charge is 0.493 e. The lowest BCUT2D eigenvalue weighted by Gasteiger charge is -2.34. The molecule has 1 aliphatic carbocycles. The summed E-state index contributed by atoms with van der Waals surface area (Å²) in [6.07, 6.45) is 21.3. The molecule has 3 atom stereocenters. The smallest absolute Gasteiger partial charge is 0.311 e. The van der Waals surface area contributed by atoms with Gasteiger partial charge in [0.05, 0.1) is 26.7 Å². The van der Waals surface area contributed by atoms with Crippen molar-refractivity contribution < 1.29 is 38.0 Å². The molecule has 8 nitrogen and oxygen atoms in total. The number of unbranched alkanes of at least 4 members (excludes halogenated alkanes) is 11. The van der Waals surface area contributed by atoms with Crippen LogP contribution in [-0.4, -0.2) is 39.6 Å². The fourth-order valence-corrected chi connectivity index (χ4v) is 7.19. The zero-order valence-corrected chi connectivity index (χ0v) is 28.5. The van der Waals surface area contributed by atoms with E-state index in [0.717, 1.165) is 54.5 Å². The Hall–Kier alpha value is -3.68. The molecule has 5 rings (SSSR count). The van der Waals surface area contributed by atoms with Crippen LogP contribution in [0.25, 0.3) is 0 Å². The van der Waals surface area contributed by atoms with Crippen molar-refractivity contribution >= 4 is 11.9 Å². The maximum Gasteiger partial charge on any atom is 0.311 e. The van der Waals surface area contributed by atoms with Crippen molar-refractivity contribution in [1.29, 1.82) is 0 Å². The molecule has 0 aromatic heterocycles. The van der Waals surface area contributed by atoms with Gasteiger partial charge in [-0.15, -0.1) is 0 Å². The highest BCUT2D eigenvalue weighted by atomic mass is 16.7. The molecule has 0 bridgehead atoms. The molecule has 3 aliphatic rings. The van der Waals surface area contributed by atoms with Crippen LogP contribution in [0, 0.1) is 11.8 Å². The number of hydrogen-bond donors (Lipinski definition) is 0. The highest BCUT2D eigenvalue weighted by Crippen LogP contribution is 2.52. The summed E-state index contributed by atoms with van der Waals surface area (Å²) in [6, 6.07) is 7.69. The Balaban J connectivity index is 1.13. The molecule has 0 amide bonds. The Labute approximate surface area is 280 Å². The number of fused-ring (bicyclic) bond motifs is 3. The van der Waals surface area contributed by atoms with Gasteiger partial charge in [-0.2, -0.15) is 0 Å². The first kappa shape index (κ1) is 34.6. The Bertz CT molecular complexity index is 1360. The zero-order chi connectivity index (χ0) is 33.0. The maximum absolute atomic E-state index is 13.0. The average molecular weight is 649 g/mol. The van der Waals surface area contributed by atoms with Gasteiger partial charge in [0.25, 0.3) is 0 Å². The molecule has 0 N–H and O–H groups in total. The number of ether oxygens (including phenoxy) is 6. The van der Waals surface area contributed by atoms with Gasteiger partial charge in [-0.25, -0.2) is 0 Å². The summed E-state index contributed by atoms with van der Waals surface area (Å²) in [4.78, 5) is 25.9. The van der Waals surface area contributed by atoms with Gasteiger partial charge in [0.15, 0.2) is 23.0 Å². The highest BCUT2D eigenvalue weighted by molar-refractivity contribution is 5.79. The van der Waals surface area contributed by atoms with Crippen LogP contribution in [-0.2, 0) is 20.7 Å². The molecule has 0 spiro atoms. The van der Waals surface area contributed by atoms with Crippen LogP contribution < -0.4 is 23.7 Å². The van der Waals surface area contributed by atoms with Crippen molar-refractivity contribution in [2.45, 2.75) is 109 Å². The number of rotatable bonds is 19. The SMILES string of the molecule is CCCCCCCC/C=C/CCCCCCCC(=O)Oc1c(OC)cc([C@@H]2c3cc4c(cc3C[C@H]3COC(=O)[C@@H]32)OCO4)cc1OC. The van der Waals surface area contributed by atoms with E-state index < -0.39 is 0 Å². The molecule has 0 unspecified atom stereocenters. The van der Waals surface area contributed by atoms with E-state index in [1.807, 2.05) is 24.3 Å². The second kappa shape index (κ2) is 17.5. The van der Waals surface area contributed by atoms with E-state index >= 15 is 0 Å². The van der Waals surface area contributed by atoms with E-state index in [4.69, 9.17) is 28.4 Å². The van der Waals surface area contributed by atoms with Gasteiger partial charge < -0.3 is 28.4 Å². The lowest BCUT2D eigenvalue weighted by atomic mass is 9.67. The summed E-state index contributed by atoms with van der Waals surface area (Å²) in [5.41, 5.74) is 2.92. The van der Waals surface area contributed by atoms with Crippen LogP contribution in [0.4, 0.5) is 0 Å². The minimum Gasteiger partial charge on any atom is -0.493 e. The van der Waals surface area contributed by atoms with Crippen LogP contribution in [0.1, 0.15) is 119 Å². The summed E-state index contributed by atoms with van der Waals surface area (Å²) in [5.74, 6) is 1.25. The van der Waals surface area contributed by atoms with Gasteiger partial charge in [0.1, 0.15) is 0 Å². The Kier molecular flexibility index (Phi) is 12.9. The fourth-order valence-electron chi connectivity index (χ4n) is 7.19. The molecule has 8 heteroatoms. The number of carbonyl (C=O) groups is 2. The van der Waals surface area contributed by atoms with Crippen LogP contribution in [0.2, 0.25) is 0 Å². The summed E-state index contributed by atoms with van der Waals surface area (Å²) in [7, 11) is 3.08. The number of cyclic esters (lactones) is 1. The molecule has 2 aliphatic heterocycles. The molecule has 0 radical (unpaired) electrons. The van der Waals surface area contributed by atoms with E-state index in [1.54, 1.807) is 14.2 Å². The van der Waals surface area contributed by atoms with Crippen molar-refractivity contribution in [3.63, 3.8) is 0 Å². The lowest BCUT2D eigenvalue weighted by molar-refractivity contribution is -0.141. The first-order valence-electron chi connectivity index (χ1n) is 17.7. The molecule has 0 saturated carbocycles. The zero-order valence-electron chi connectivity index (χ0n) is 28.5. The molecular formula is C39H52O8. The fraction of sp³-hybridized carbons (Fsp3) is 0.590. The van der Waals surface area contributed by atoms with Gasteiger partial charge in [0.2, 0.25) is 12.5 Å². The number of esters is 2. The van der Waals surface area contributed by atoms with E-state index in [1.165, 1.54) is 57.8 Å². The van der Waals surface area contributed by atoms with Crippen molar-refractivity contribution in [2.75, 3.05) is 27.6 Å². The molecule has 2 heterocycles. The highest BCUT2D eigenvalue weighted by Gasteiger charge is 2.48. The summed E-state index contributed by atoms with van der Waals surface area (Å²) in [5, 5.41) is 0. The Morgan fingerprint density at radius 2 is 1.43 bits per heavy atom. The minimum atomic E-state index is -0.355. The average Bonchev–Trinajstić information content (AvgIpc) is 3.70. The van der Waals surface area contributed by atoms with Crippen molar-refractivity contribution in [3.05, 3.63) is 53.1 Å². The van der Waals surface area contributed by atoms with E-state index in [2.05, 4.69) is 19.1 Å². The number of benzene rings is 2. The second-order valence-corrected chi connectivity index (χ2v) is 13.1. The number of methoxy groups -OCH3 is 2. The third-order valence-corrected chi connectivity index (χ3v) is 9.73. The normalized spacial score (nSPS) is 19.4. The Morgan fingerprint density at radius 1 is 0.809 bits per heavy atom. The first-order valence-corrected chi connectivity index (χ1v) is 17.7. The van der Waals surface area contributed by atoms with E-state index in [0.29, 0.717) is 30.3 Å². The summed E-state index contributed by atoms with van der Waals surface area (Å²) >= 11 is 0. The van der Waals surface area contributed by atoms with Gasteiger partial charge in [-0.05, 0) is 79.5 Å². The molecular weight excluding hydrogens is 596 g/mol. The summed E-state index contributed by atoms with van der Waals surface area (Å²) in [6.45, 7) is 2.82. The van der Waals surface area contributed by atoms with Crippen molar-refractivity contribution in [2.24, 2.45) is 11.8 Å². The standard InChI is InChI=1S/C39H52O8/c1-4-5-6-7-8-9-10-11-12-13-14-15-16-17-18-19-35(40)47-38-33(42-2)22-28(23-34(38)43-3)36-30-24-32-31(45-26-46-32)21-27(30)20-29-25-44-39(41)37(29)36/h11-12,21-24,29,36-37H,4-10,13-20,25-26H2,1-3H3/b12-11+/t29-,36+,37-/m0/s1. The van der Waals surface area contributed by atoms with Crippen LogP contribution in [0.3, 0.4) is 0 Å². The number of hydrogen-bond acceptors (Lipinski definition) is 8. The number of allylic oxidation sites excluding steroid dienone is 2. The molecule has 2 aromatic rings. The van der Waals surface area contributed by atoms with Gasteiger partial charge in [0, 0.05) is 18.3 Å². The number of carbonyl (C=O) groups excluding carboxylic acids is 2. The van der Waals surface area contributed by atoms with Crippen molar-refractivity contribution in [1.82, 2.24) is 0 Å². The topological polar surface area (TPSA) is 89.5 Å². The lowest BCUT2D eigenvalue weighted by Crippen LogP contribution is -2.31. The van der Waals surface area contributed by atoms with Crippen LogP contribution in [0.15, 0.2) is 36.4 Å². The Morgan fingerprint density at radius 3 is 2.09 bits per heavy atom. The molecule has 2 aromatic carbocycles. The van der Waals surface area contributed by atoms with Crippen molar-refractivity contribution in [3.8, 4) is 28.7 Å². The molecule has 47 heavy (non-hydrogen) atoms.